The van der Waals surface area contributed by atoms with Crippen molar-refractivity contribution in [2.75, 3.05) is 0 Å². The lowest BCUT2D eigenvalue weighted by Crippen LogP contribution is -2.38. The molecule has 1 aromatic rings. The van der Waals surface area contributed by atoms with Gasteiger partial charge in [-0.2, -0.15) is 0 Å². The predicted molar refractivity (Wildman–Crippen MR) is 72.7 cm³/mol. The van der Waals surface area contributed by atoms with Crippen LogP contribution in [0.5, 0.6) is 0 Å². The highest BCUT2D eigenvalue weighted by Crippen LogP contribution is 2.44. The summed E-state index contributed by atoms with van der Waals surface area (Å²) >= 11 is 0. The third-order valence-electron chi connectivity index (χ3n) is 5.03. The summed E-state index contributed by atoms with van der Waals surface area (Å²) in [6.45, 7) is 0. The maximum atomic E-state index is 12.9. The molecule has 2 bridgehead atoms. The molecular weight excluding hydrogens is 270 g/mol. The van der Waals surface area contributed by atoms with Crippen molar-refractivity contribution in [1.82, 2.24) is 14.9 Å². The van der Waals surface area contributed by atoms with Gasteiger partial charge < -0.3 is 10.0 Å². The van der Waals surface area contributed by atoms with Crippen molar-refractivity contribution in [3.63, 3.8) is 0 Å². The fourth-order valence-corrected chi connectivity index (χ4v) is 3.90. The maximum Gasteiger partial charge on any atom is 0.308 e. The number of nitrogens with zero attached hydrogens (tertiary/aromatic N) is 3. The van der Waals surface area contributed by atoms with E-state index in [1.54, 1.807) is 11.1 Å². The molecule has 3 fully saturated rings. The van der Waals surface area contributed by atoms with Gasteiger partial charge in [-0.25, -0.2) is 9.97 Å². The molecule has 0 unspecified atom stereocenters. The molecule has 4 rings (SSSR count). The summed E-state index contributed by atoms with van der Waals surface area (Å²) in [5.41, 5.74) is 1.41. The standard InChI is InChI=1S/C15H17N3O3/c19-14(11-6-16-7-17-13(11)8-1-2-8)18-9-3-4-12(18)10(5-9)15(20)21/h6-10,12H,1-5H2,(H,20,21)/t9-,10-,12+/m1/s1. The Morgan fingerprint density at radius 1 is 1.24 bits per heavy atom. The van der Waals surface area contributed by atoms with E-state index in [1.165, 1.54) is 6.33 Å². The minimum absolute atomic E-state index is 0.0656. The first-order valence-corrected chi connectivity index (χ1v) is 7.52. The summed E-state index contributed by atoms with van der Waals surface area (Å²) in [5, 5.41) is 9.30. The molecule has 6 heteroatoms. The largest absolute Gasteiger partial charge is 0.481 e. The van der Waals surface area contributed by atoms with Crippen LogP contribution in [0.2, 0.25) is 0 Å². The smallest absolute Gasteiger partial charge is 0.308 e. The summed E-state index contributed by atoms with van der Waals surface area (Å²) < 4.78 is 0. The second-order valence-corrected chi connectivity index (χ2v) is 6.29. The Morgan fingerprint density at radius 2 is 2.05 bits per heavy atom. The molecule has 2 aliphatic heterocycles. The van der Waals surface area contributed by atoms with Gasteiger partial charge >= 0.3 is 5.97 Å². The average molecular weight is 287 g/mol. The van der Waals surface area contributed by atoms with Gasteiger partial charge in [0, 0.05) is 24.2 Å². The van der Waals surface area contributed by atoms with Crippen LogP contribution in [0.15, 0.2) is 12.5 Å². The molecule has 1 aliphatic carbocycles. The number of fused-ring (bicyclic) bond motifs is 2. The van der Waals surface area contributed by atoms with Gasteiger partial charge in [0.15, 0.2) is 0 Å². The Bertz CT molecular complexity index is 614. The lowest BCUT2D eigenvalue weighted by Gasteiger charge is -2.23. The SMILES string of the molecule is O=C(O)[C@@H]1C[C@H]2CC[C@@H]1N2C(=O)c1cncnc1C1CC1. The van der Waals surface area contributed by atoms with E-state index in [0.29, 0.717) is 17.9 Å². The summed E-state index contributed by atoms with van der Waals surface area (Å²) in [6.07, 6.45) is 7.51. The molecule has 0 aromatic carbocycles. The first-order valence-electron chi connectivity index (χ1n) is 7.52. The van der Waals surface area contributed by atoms with Crippen LogP contribution in [-0.4, -0.2) is 43.9 Å². The molecule has 2 saturated heterocycles. The normalized spacial score (nSPS) is 30.7. The van der Waals surface area contributed by atoms with Crippen LogP contribution < -0.4 is 0 Å². The highest BCUT2D eigenvalue weighted by atomic mass is 16.4. The highest BCUT2D eigenvalue weighted by molar-refractivity contribution is 5.96. The number of carboxylic acids is 1. The minimum atomic E-state index is -0.785. The van der Waals surface area contributed by atoms with E-state index in [0.717, 1.165) is 31.4 Å². The zero-order chi connectivity index (χ0) is 14.6. The summed E-state index contributed by atoms with van der Waals surface area (Å²) in [7, 11) is 0. The van der Waals surface area contributed by atoms with Gasteiger partial charge in [-0.1, -0.05) is 0 Å². The van der Waals surface area contributed by atoms with Gasteiger partial charge in [0.1, 0.15) is 6.33 Å². The third-order valence-corrected chi connectivity index (χ3v) is 5.03. The fourth-order valence-electron chi connectivity index (χ4n) is 3.90. The van der Waals surface area contributed by atoms with Crippen LogP contribution in [0, 0.1) is 5.92 Å². The zero-order valence-corrected chi connectivity index (χ0v) is 11.6. The number of carbonyl (C=O) groups is 2. The summed E-state index contributed by atoms with van der Waals surface area (Å²) in [5.74, 6) is -0.898. The number of hydrogen-bond acceptors (Lipinski definition) is 4. The number of aromatic nitrogens is 2. The highest BCUT2D eigenvalue weighted by Gasteiger charge is 2.52. The molecule has 3 aliphatic rings. The van der Waals surface area contributed by atoms with E-state index in [2.05, 4.69) is 9.97 Å². The van der Waals surface area contributed by atoms with Crippen molar-refractivity contribution >= 4 is 11.9 Å². The Balaban J connectivity index is 1.65. The van der Waals surface area contributed by atoms with Crippen molar-refractivity contribution in [1.29, 1.82) is 0 Å². The van der Waals surface area contributed by atoms with Crippen molar-refractivity contribution in [3.05, 3.63) is 23.8 Å². The van der Waals surface area contributed by atoms with Gasteiger partial charge in [0.2, 0.25) is 0 Å². The van der Waals surface area contributed by atoms with E-state index >= 15 is 0 Å². The van der Waals surface area contributed by atoms with Crippen molar-refractivity contribution in [2.45, 2.75) is 50.1 Å². The zero-order valence-electron chi connectivity index (χ0n) is 11.6. The van der Waals surface area contributed by atoms with E-state index in [4.69, 9.17) is 0 Å². The van der Waals surface area contributed by atoms with Crippen LogP contribution in [-0.2, 0) is 4.79 Å². The van der Waals surface area contributed by atoms with Gasteiger partial charge in [-0.3, -0.25) is 9.59 Å². The lowest BCUT2D eigenvalue weighted by atomic mass is 9.89. The number of carbonyl (C=O) groups excluding carboxylic acids is 1. The number of amides is 1. The van der Waals surface area contributed by atoms with Crippen LogP contribution in [0.1, 0.15) is 54.1 Å². The van der Waals surface area contributed by atoms with Crippen LogP contribution >= 0.6 is 0 Å². The molecule has 3 atom stereocenters. The third kappa shape index (κ3) is 1.92. The topological polar surface area (TPSA) is 83.4 Å². The second kappa shape index (κ2) is 4.51. The van der Waals surface area contributed by atoms with Crippen LogP contribution in [0.25, 0.3) is 0 Å². The number of aliphatic carboxylic acids is 1. The number of carboxylic acid groups (broad SMARTS) is 1. The van der Waals surface area contributed by atoms with Gasteiger partial charge in [0.25, 0.3) is 5.91 Å². The first kappa shape index (κ1) is 12.7. The summed E-state index contributed by atoms with van der Waals surface area (Å²) in [6, 6.07) is -0.0943. The molecular formula is C15H17N3O3. The number of rotatable bonds is 3. The van der Waals surface area contributed by atoms with Gasteiger partial charge in [0.05, 0.1) is 17.2 Å². The summed E-state index contributed by atoms with van der Waals surface area (Å²) in [4.78, 5) is 34.3. The van der Waals surface area contributed by atoms with E-state index < -0.39 is 11.9 Å². The van der Waals surface area contributed by atoms with Crippen molar-refractivity contribution < 1.29 is 14.7 Å². The molecule has 1 amide bonds. The van der Waals surface area contributed by atoms with Crippen LogP contribution in [0.4, 0.5) is 0 Å². The van der Waals surface area contributed by atoms with Gasteiger partial charge in [-0.15, -0.1) is 0 Å². The molecule has 0 spiro atoms. The Morgan fingerprint density at radius 3 is 2.71 bits per heavy atom. The Kier molecular flexibility index (Phi) is 2.74. The fraction of sp³-hybridized carbons (Fsp3) is 0.600. The van der Waals surface area contributed by atoms with Gasteiger partial charge in [-0.05, 0) is 32.1 Å². The minimum Gasteiger partial charge on any atom is -0.481 e. The molecule has 3 heterocycles. The van der Waals surface area contributed by atoms with E-state index in [1.807, 2.05) is 0 Å². The molecule has 1 aromatic heterocycles. The van der Waals surface area contributed by atoms with E-state index in [-0.39, 0.29) is 18.0 Å². The van der Waals surface area contributed by atoms with E-state index in [9.17, 15) is 14.7 Å². The lowest BCUT2D eigenvalue weighted by molar-refractivity contribution is -0.142. The molecule has 110 valence electrons. The Labute approximate surface area is 122 Å². The van der Waals surface area contributed by atoms with Crippen LogP contribution in [0.3, 0.4) is 0 Å². The Hall–Kier alpha value is -1.98. The van der Waals surface area contributed by atoms with Crippen molar-refractivity contribution in [2.24, 2.45) is 5.92 Å². The molecule has 21 heavy (non-hydrogen) atoms. The maximum absolute atomic E-state index is 12.9. The quantitative estimate of drug-likeness (QED) is 0.909. The molecule has 6 nitrogen and oxygen atoms in total. The number of hydrogen-bond donors (Lipinski definition) is 1. The molecule has 0 radical (unpaired) electrons. The van der Waals surface area contributed by atoms with Crippen molar-refractivity contribution in [3.8, 4) is 0 Å². The first-order chi connectivity index (χ1) is 10.2. The predicted octanol–water partition coefficient (Wildman–Crippen LogP) is 1.43. The monoisotopic (exact) mass is 287 g/mol. The molecule has 1 N–H and O–H groups in total. The molecule has 1 saturated carbocycles. The average Bonchev–Trinajstić information content (AvgIpc) is 3.18. The second-order valence-electron chi connectivity index (χ2n) is 6.29.